The van der Waals surface area contributed by atoms with E-state index in [0.717, 1.165) is 12.5 Å². The van der Waals surface area contributed by atoms with Crippen LogP contribution >= 0.6 is 0 Å². The maximum absolute atomic E-state index is 13.6. The zero-order valence-electron chi connectivity index (χ0n) is 11.8. The summed E-state index contributed by atoms with van der Waals surface area (Å²) in [6, 6.07) is 1.66. The van der Waals surface area contributed by atoms with Crippen LogP contribution in [0.3, 0.4) is 0 Å². The van der Waals surface area contributed by atoms with Gasteiger partial charge in [0, 0.05) is 19.1 Å². The third-order valence-electron chi connectivity index (χ3n) is 3.68. The minimum Gasteiger partial charge on any atom is -0.316 e. The molecule has 0 aliphatic carbocycles. The number of rotatable bonds is 3. The Morgan fingerprint density at radius 1 is 1.32 bits per heavy atom. The van der Waals surface area contributed by atoms with Gasteiger partial charge in [-0.3, -0.25) is 0 Å². The van der Waals surface area contributed by atoms with Crippen molar-refractivity contribution in [2.75, 3.05) is 20.1 Å². The number of nitrogens with zero attached hydrogens (tertiary/aromatic N) is 1. The second kappa shape index (κ2) is 6.13. The fourth-order valence-electron chi connectivity index (χ4n) is 2.43. The summed E-state index contributed by atoms with van der Waals surface area (Å²) < 4.78 is 77.1. The summed E-state index contributed by atoms with van der Waals surface area (Å²) in [6.45, 7) is 0.477. The molecule has 1 fully saturated rings. The van der Waals surface area contributed by atoms with Crippen LogP contribution in [0, 0.1) is 5.82 Å². The molecule has 1 atom stereocenters. The first-order valence-electron chi connectivity index (χ1n) is 6.70. The predicted molar refractivity (Wildman–Crippen MR) is 72.2 cm³/mol. The molecule has 0 amide bonds. The Hall–Kier alpha value is -1.19. The molecule has 4 nitrogen and oxygen atoms in total. The number of hydrogen-bond donors (Lipinski definition) is 1. The number of sulfonamides is 1. The predicted octanol–water partition coefficient (Wildman–Crippen LogP) is 2.22. The molecule has 2 rings (SSSR count). The lowest BCUT2D eigenvalue weighted by atomic mass is 10.1. The van der Waals surface area contributed by atoms with E-state index in [1.807, 2.05) is 0 Å². The monoisotopic (exact) mass is 340 g/mol. The van der Waals surface area contributed by atoms with Crippen LogP contribution in [0.4, 0.5) is 17.6 Å². The molecule has 0 radical (unpaired) electrons. The van der Waals surface area contributed by atoms with Gasteiger partial charge in [-0.2, -0.15) is 17.5 Å². The Bertz CT molecular complexity index is 646. The largest absolute Gasteiger partial charge is 0.419 e. The molecular formula is C13H16F4N2O2S. The number of benzene rings is 1. The van der Waals surface area contributed by atoms with Crippen molar-refractivity contribution in [3.63, 3.8) is 0 Å². The number of hydrogen-bond acceptors (Lipinski definition) is 3. The first-order valence-corrected chi connectivity index (χ1v) is 8.14. The molecule has 1 aromatic carbocycles. The Morgan fingerprint density at radius 3 is 2.55 bits per heavy atom. The van der Waals surface area contributed by atoms with Gasteiger partial charge in [0.2, 0.25) is 10.0 Å². The fourth-order valence-corrected chi connectivity index (χ4v) is 3.97. The van der Waals surface area contributed by atoms with E-state index >= 15 is 0 Å². The Kier molecular flexibility index (Phi) is 4.78. The van der Waals surface area contributed by atoms with Gasteiger partial charge in [-0.05, 0) is 38.1 Å². The van der Waals surface area contributed by atoms with Gasteiger partial charge in [0.1, 0.15) is 5.82 Å². The van der Waals surface area contributed by atoms with Crippen molar-refractivity contribution >= 4 is 10.0 Å². The Labute approximate surface area is 126 Å². The number of nitrogens with one attached hydrogen (secondary N) is 1. The lowest BCUT2D eigenvalue weighted by molar-refractivity contribution is -0.140. The highest BCUT2D eigenvalue weighted by atomic mass is 32.2. The molecule has 9 heteroatoms. The first-order chi connectivity index (χ1) is 10.2. The van der Waals surface area contributed by atoms with Crippen LogP contribution in [0.2, 0.25) is 0 Å². The van der Waals surface area contributed by atoms with Crippen LogP contribution in [-0.2, 0) is 16.2 Å². The van der Waals surface area contributed by atoms with Crippen molar-refractivity contribution in [1.29, 1.82) is 0 Å². The number of halogens is 4. The van der Waals surface area contributed by atoms with E-state index in [9.17, 15) is 26.0 Å². The van der Waals surface area contributed by atoms with Crippen LogP contribution < -0.4 is 5.32 Å². The number of likely N-dealkylation sites (N-methyl/N-ethyl adjacent to an activating group) is 1. The third-order valence-corrected chi connectivity index (χ3v) is 5.54. The molecule has 1 aliphatic heterocycles. The van der Waals surface area contributed by atoms with Crippen molar-refractivity contribution in [1.82, 2.24) is 9.62 Å². The zero-order valence-corrected chi connectivity index (χ0v) is 12.6. The van der Waals surface area contributed by atoms with Gasteiger partial charge < -0.3 is 5.32 Å². The van der Waals surface area contributed by atoms with Gasteiger partial charge in [0.15, 0.2) is 0 Å². The van der Waals surface area contributed by atoms with Crippen molar-refractivity contribution in [3.05, 3.63) is 29.6 Å². The molecule has 22 heavy (non-hydrogen) atoms. The lowest BCUT2D eigenvalue weighted by Gasteiger charge is -2.31. The Morgan fingerprint density at radius 2 is 2.00 bits per heavy atom. The van der Waals surface area contributed by atoms with E-state index in [0.29, 0.717) is 18.6 Å². The van der Waals surface area contributed by atoms with Gasteiger partial charge in [-0.25, -0.2) is 12.8 Å². The third kappa shape index (κ3) is 3.41. The van der Waals surface area contributed by atoms with Crippen molar-refractivity contribution in [3.8, 4) is 0 Å². The molecule has 0 bridgehead atoms. The average Bonchev–Trinajstić information content (AvgIpc) is 2.45. The second-order valence-corrected chi connectivity index (χ2v) is 7.07. The van der Waals surface area contributed by atoms with Crippen LogP contribution in [-0.4, -0.2) is 38.9 Å². The first kappa shape index (κ1) is 17.2. The quantitative estimate of drug-likeness (QED) is 0.859. The smallest absolute Gasteiger partial charge is 0.316 e. The maximum atomic E-state index is 13.6. The van der Waals surface area contributed by atoms with E-state index in [1.54, 1.807) is 7.05 Å². The summed E-state index contributed by atoms with van der Waals surface area (Å²) in [5.74, 6) is -1.59. The fraction of sp³-hybridized carbons (Fsp3) is 0.538. The molecule has 1 saturated heterocycles. The maximum Gasteiger partial charge on any atom is 0.419 e. The topological polar surface area (TPSA) is 49.4 Å². The molecule has 124 valence electrons. The van der Waals surface area contributed by atoms with E-state index in [2.05, 4.69) is 5.32 Å². The summed E-state index contributed by atoms with van der Waals surface area (Å²) >= 11 is 0. The lowest BCUT2D eigenvalue weighted by Crippen LogP contribution is -2.46. The SMILES string of the molecule is CNC1CCCN(S(=O)(=O)c2ccc(C(F)(F)F)c(F)c2)C1. The average molecular weight is 340 g/mol. The summed E-state index contributed by atoms with van der Waals surface area (Å²) in [7, 11) is -2.30. The summed E-state index contributed by atoms with van der Waals surface area (Å²) in [5, 5.41) is 2.97. The minimum atomic E-state index is -4.85. The van der Waals surface area contributed by atoms with Crippen LogP contribution in [0.25, 0.3) is 0 Å². The summed E-state index contributed by atoms with van der Waals surface area (Å²) in [4.78, 5) is -0.463. The van der Waals surface area contributed by atoms with Gasteiger partial charge in [0.25, 0.3) is 0 Å². The van der Waals surface area contributed by atoms with Gasteiger partial charge in [-0.15, -0.1) is 0 Å². The van der Waals surface area contributed by atoms with Crippen molar-refractivity contribution < 1.29 is 26.0 Å². The van der Waals surface area contributed by atoms with Crippen LogP contribution in [0.5, 0.6) is 0 Å². The number of piperidine rings is 1. The zero-order chi connectivity index (χ0) is 16.5. The van der Waals surface area contributed by atoms with Crippen LogP contribution in [0.1, 0.15) is 18.4 Å². The van der Waals surface area contributed by atoms with Gasteiger partial charge in [0.05, 0.1) is 10.5 Å². The molecule has 1 aliphatic rings. The molecule has 1 aromatic rings. The van der Waals surface area contributed by atoms with Crippen molar-refractivity contribution in [2.24, 2.45) is 0 Å². The molecular weight excluding hydrogens is 324 g/mol. The molecule has 1 heterocycles. The van der Waals surface area contributed by atoms with E-state index in [4.69, 9.17) is 0 Å². The molecule has 0 saturated carbocycles. The normalized spacial score (nSPS) is 21.0. The van der Waals surface area contributed by atoms with Gasteiger partial charge >= 0.3 is 6.18 Å². The number of alkyl halides is 3. The standard InChI is InChI=1S/C13H16F4N2O2S/c1-18-9-3-2-6-19(8-9)22(20,21)10-4-5-11(12(14)7-10)13(15,16)17/h4-5,7,9,18H,2-3,6,8H2,1H3. The molecule has 0 aromatic heterocycles. The highest BCUT2D eigenvalue weighted by molar-refractivity contribution is 7.89. The molecule has 1 unspecified atom stereocenters. The molecule has 0 spiro atoms. The van der Waals surface area contributed by atoms with Crippen molar-refractivity contribution in [2.45, 2.75) is 30.0 Å². The second-order valence-electron chi connectivity index (χ2n) is 5.13. The van der Waals surface area contributed by atoms with Crippen LogP contribution in [0.15, 0.2) is 23.1 Å². The van der Waals surface area contributed by atoms with E-state index in [-0.39, 0.29) is 19.1 Å². The molecule has 1 N–H and O–H groups in total. The minimum absolute atomic E-state index is 0.0252. The summed E-state index contributed by atoms with van der Waals surface area (Å²) in [6.07, 6.45) is -3.41. The highest BCUT2D eigenvalue weighted by Gasteiger charge is 2.36. The van der Waals surface area contributed by atoms with E-state index in [1.165, 1.54) is 4.31 Å². The Balaban J connectivity index is 2.32. The van der Waals surface area contributed by atoms with Gasteiger partial charge in [-0.1, -0.05) is 0 Å². The highest BCUT2D eigenvalue weighted by Crippen LogP contribution is 2.33. The van der Waals surface area contributed by atoms with E-state index < -0.39 is 32.5 Å². The summed E-state index contributed by atoms with van der Waals surface area (Å²) in [5.41, 5.74) is -1.47.